The van der Waals surface area contributed by atoms with Crippen molar-refractivity contribution >= 4 is 17.5 Å². The van der Waals surface area contributed by atoms with Crippen molar-refractivity contribution < 1.29 is 9.53 Å². The number of ether oxygens (including phenoxy) is 1. The molecule has 0 aromatic heterocycles. The van der Waals surface area contributed by atoms with E-state index in [0.717, 1.165) is 6.42 Å². The number of nitrogens with one attached hydrogen (secondary N) is 1. The molecule has 18 heavy (non-hydrogen) atoms. The van der Waals surface area contributed by atoms with E-state index in [-0.39, 0.29) is 11.9 Å². The Labute approximate surface area is 113 Å². The minimum atomic E-state index is -0.475. The molecule has 0 saturated heterocycles. The van der Waals surface area contributed by atoms with Crippen LogP contribution in [0.1, 0.15) is 33.6 Å². The van der Waals surface area contributed by atoms with Gasteiger partial charge in [0.05, 0.1) is 0 Å². The second-order valence-corrected chi connectivity index (χ2v) is 4.73. The first-order chi connectivity index (χ1) is 8.56. The third kappa shape index (κ3) is 4.57. The van der Waals surface area contributed by atoms with Gasteiger partial charge in [0.15, 0.2) is 6.10 Å². The molecule has 2 atom stereocenters. The number of hydrogen-bond acceptors (Lipinski definition) is 2. The summed E-state index contributed by atoms with van der Waals surface area (Å²) in [6.07, 6.45) is 1.05. The second kappa shape index (κ2) is 7.27. The van der Waals surface area contributed by atoms with E-state index in [4.69, 9.17) is 16.3 Å². The van der Waals surface area contributed by atoms with Crippen LogP contribution >= 0.6 is 11.6 Å². The second-order valence-electron chi connectivity index (χ2n) is 4.29. The summed E-state index contributed by atoms with van der Waals surface area (Å²) in [6, 6.07) is 7.24. The zero-order valence-electron chi connectivity index (χ0n) is 11.1. The Kier molecular flexibility index (Phi) is 5.99. The Morgan fingerprint density at radius 2 is 2.11 bits per heavy atom. The van der Waals surface area contributed by atoms with Crippen LogP contribution in [0.4, 0.5) is 0 Å². The SMILES string of the molecule is CC[C@@H](C)NC(=O)[C@H](CC)Oc1cccc(Cl)c1. The van der Waals surface area contributed by atoms with E-state index in [1.165, 1.54) is 0 Å². The first-order valence-electron chi connectivity index (χ1n) is 6.29. The number of carbonyl (C=O) groups is 1. The molecule has 0 unspecified atom stereocenters. The van der Waals surface area contributed by atoms with Crippen LogP contribution in [0.5, 0.6) is 5.75 Å². The maximum atomic E-state index is 12.0. The Balaban J connectivity index is 2.64. The van der Waals surface area contributed by atoms with E-state index in [0.29, 0.717) is 17.2 Å². The van der Waals surface area contributed by atoms with Crippen molar-refractivity contribution in [1.82, 2.24) is 5.32 Å². The van der Waals surface area contributed by atoms with Gasteiger partial charge < -0.3 is 10.1 Å². The van der Waals surface area contributed by atoms with Gasteiger partial charge in [-0.05, 0) is 38.0 Å². The lowest BCUT2D eigenvalue weighted by Gasteiger charge is -2.19. The van der Waals surface area contributed by atoms with E-state index in [9.17, 15) is 4.79 Å². The molecule has 1 amide bonds. The van der Waals surface area contributed by atoms with E-state index < -0.39 is 6.10 Å². The molecule has 1 rings (SSSR count). The normalized spacial score (nSPS) is 13.8. The summed E-state index contributed by atoms with van der Waals surface area (Å²) in [7, 11) is 0. The fraction of sp³-hybridized carbons (Fsp3) is 0.500. The maximum absolute atomic E-state index is 12.0. The van der Waals surface area contributed by atoms with Crippen molar-refractivity contribution in [2.75, 3.05) is 0 Å². The molecule has 0 aliphatic heterocycles. The van der Waals surface area contributed by atoms with Crippen molar-refractivity contribution in [3.8, 4) is 5.75 Å². The van der Waals surface area contributed by atoms with Crippen LogP contribution in [0.2, 0.25) is 5.02 Å². The van der Waals surface area contributed by atoms with Gasteiger partial charge in [-0.15, -0.1) is 0 Å². The minimum absolute atomic E-state index is 0.0770. The molecular weight excluding hydrogens is 250 g/mol. The Hall–Kier alpha value is -1.22. The lowest BCUT2D eigenvalue weighted by molar-refractivity contribution is -0.128. The molecule has 4 heteroatoms. The molecule has 0 fully saturated rings. The van der Waals surface area contributed by atoms with E-state index in [1.54, 1.807) is 24.3 Å². The lowest BCUT2D eigenvalue weighted by Crippen LogP contribution is -2.42. The zero-order valence-corrected chi connectivity index (χ0v) is 11.8. The third-order valence-corrected chi connectivity index (χ3v) is 2.97. The lowest BCUT2D eigenvalue weighted by atomic mass is 10.2. The van der Waals surface area contributed by atoms with Gasteiger partial charge in [-0.3, -0.25) is 4.79 Å². The molecular formula is C14H20ClNO2. The maximum Gasteiger partial charge on any atom is 0.261 e. The van der Waals surface area contributed by atoms with Crippen LogP contribution in [0.3, 0.4) is 0 Å². The molecule has 100 valence electrons. The predicted molar refractivity (Wildman–Crippen MR) is 74.1 cm³/mol. The van der Waals surface area contributed by atoms with Gasteiger partial charge in [0.1, 0.15) is 5.75 Å². The van der Waals surface area contributed by atoms with Crippen LogP contribution < -0.4 is 10.1 Å². The van der Waals surface area contributed by atoms with Crippen LogP contribution in [0, 0.1) is 0 Å². The van der Waals surface area contributed by atoms with Gasteiger partial charge in [-0.2, -0.15) is 0 Å². The molecule has 0 bridgehead atoms. The molecule has 0 saturated carbocycles. The first-order valence-corrected chi connectivity index (χ1v) is 6.67. The van der Waals surface area contributed by atoms with Crippen LogP contribution in [0.15, 0.2) is 24.3 Å². The summed E-state index contributed by atoms with van der Waals surface area (Å²) in [5, 5.41) is 3.52. The highest BCUT2D eigenvalue weighted by molar-refractivity contribution is 6.30. The van der Waals surface area contributed by atoms with Crippen molar-refractivity contribution in [3.05, 3.63) is 29.3 Å². The van der Waals surface area contributed by atoms with Gasteiger partial charge >= 0.3 is 0 Å². The Bertz CT molecular complexity index is 395. The summed E-state index contributed by atoms with van der Waals surface area (Å²) in [4.78, 5) is 12.0. The first kappa shape index (κ1) is 14.8. The molecule has 1 aromatic carbocycles. The highest BCUT2D eigenvalue weighted by Crippen LogP contribution is 2.19. The van der Waals surface area contributed by atoms with Crippen LogP contribution in [-0.4, -0.2) is 18.1 Å². The number of benzene rings is 1. The van der Waals surface area contributed by atoms with Gasteiger partial charge in [0.25, 0.3) is 5.91 Å². The summed E-state index contributed by atoms with van der Waals surface area (Å²) in [5.74, 6) is 0.542. The monoisotopic (exact) mass is 269 g/mol. The minimum Gasteiger partial charge on any atom is -0.481 e. The number of halogens is 1. The van der Waals surface area contributed by atoms with E-state index >= 15 is 0 Å². The van der Waals surface area contributed by atoms with E-state index in [1.807, 2.05) is 20.8 Å². The molecule has 0 aliphatic rings. The van der Waals surface area contributed by atoms with Crippen LogP contribution in [-0.2, 0) is 4.79 Å². The summed E-state index contributed by atoms with van der Waals surface area (Å²) >= 11 is 5.88. The Morgan fingerprint density at radius 3 is 2.67 bits per heavy atom. The molecule has 0 spiro atoms. The molecule has 0 aliphatic carbocycles. The topological polar surface area (TPSA) is 38.3 Å². The molecule has 3 nitrogen and oxygen atoms in total. The highest BCUT2D eigenvalue weighted by atomic mass is 35.5. The zero-order chi connectivity index (χ0) is 13.5. The summed E-state index contributed by atoms with van der Waals surface area (Å²) < 4.78 is 5.66. The number of carbonyl (C=O) groups excluding carboxylic acids is 1. The molecule has 1 aromatic rings. The molecule has 0 radical (unpaired) electrons. The van der Waals surface area contributed by atoms with Gasteiger partial charge in [0.2, 0.25) is 0 Å². The third-order valence-electron chi connectivity index (χ3n) is 2.74. The van der Waals surface area contributed by atoms with Gasteiger partial charge in [-0.25, -0.2) is 0 Å². The number of hydrogen-bond donors (Lipinski definition) is 1. The smallest absolute Gasteiger partial charge is 0.261 e. The average Bonchev–Trinajstić information content (AvgIpc) is 2.35. The molecule has 1 N–H and O–H groups in total. The quantitative estimate of drug-likeness (QED) is 0.859. The number of rotatable bonds is 6. The van der Waals surface area contributed by atoms with Gasteiger partial charge in [-0.1, -0.05) is 31.5 Å². The molecule has 0 heterocycles. The largest absolute Gasteiger partial charge is 0.481 e. The highest BCUT2D eigenvalue weighted by Gasteiger charge is 2.19. The van der Waals surface area contributed by atoms with Crippen molar-refractivity contribution in [2.24, 2.45) is 0 Å². The van der Waals surface area contributed by atoms with Crippen molar-refractivity contribution in [1.29, 1.82) is 0 Å². The summed E-state index contributed by atoms with van der Waals surface area (Å²) in [6.45, 7) is 5.93. The number of amides is 1. The Morgan fingerprint density at radius 1 is 1.39 bits per heavy atom. The fourth-order valence-electron chi connectivity index (χ4n) is 1.46. The summed E-state index contributed by atoms with van der Waals surface area (Å²) in [5.41, 5.74) is 0. The standard InChI is InChI=1S/C14H20ClNO2/c1-4-10(3)16-14(17)13(5-2)18-12-8-6-7-11(15)9-12/h6-10,13H,4-5H2,1-3H3,(H,16,17)/t10-,13+/m1/s1. The average molecular weight is 270 g/mol. The van der Waals surface area contributed by atoms with E-state index in [2.05, 4.69) is 5.32 Å². The van der Waals surface area contributed by atoms with Crippen molar-refractivity contribution in [2.45, 2.75) is 45.8 Å². The van der Waals surface area contributed by atoms with Crippen molar-refractivity contribution in [3.63, 3.8) is 0 Å². The van der Waals surface area contributed by atoms with Crippen LogP contribution in [0.25, 0.3) is 0 Å². The fourth-order valence-corrected chi connectivity index (χ4v) is 1.64. The van der Waals surface area contributed by atoms with Gasteiger partial charge in [0, 0.05) is 11.1 Å². The predicted octanol–water partition coefficient (Wildman–Crippen LogP) is 3.41.